The molecule has 5 nitrogen and oxygen atoms in total. The van der Waals surface area contributed by atoms with Gasteiger partial charge in [-0.2, -0.15) is 4.89 Å². The molecule has 0 aromatic carbocycles. The van der Waals surface area contributed by atoms with Crippen LogP contribution in [0.1, 0.15) is 26.7 Å². The van der Waals surface area contributed by atoms with Crippen LogP contribution in [0.5, 0.6) is 0 Å². The number of hydrogen-bond donors (Lipinski definition) is 1. The summed E-state index contributed by atoms with van der Waals surface area (Å²) in [6.45, 7) is 3.65. The average molecular weight is 190 g/mol. The molecule has 0 aromatic heterocycles. The molecule has 1 unspecified atom stereocenters. The first-order valence-electron chi connectivity index (χ1n) is 4.16. The van der Waals surface area contributed by atoms with Gasteiger partial charge in [-0.1, -0.05) is 6.92 Å². The van der Waals surface area contributed by atoms with Crippen molar-refractivity contribution >= 4 is 11.9 Å². The van der Waals surface area contributed by atoms with E-state index in [-0.39, 0.29) is 13.0 Å². The van der Waals surface area contributed by atoms with Gasteiger partial charge in [0.25, 0.3) is 0 Å². The topological polar surface area (TPSA) is 72.8 Å². The SMILES string of the molecule is CCOOC(=O)C(CC)CC(=O)O. The Labute approximate surface area is 76.6 Å². The normalized spacial score (nSPS) is 12.2. The molecule has 0 spiro atoms. The van der Waals surface area contributed by atoms with E-state index in [0.29, 0.717) is 6.42 Å². The molecule has 1 N–H and O–H groups in total. The third-order valence-corrected chi connectivity index (χ3v) is 1.51. The van der Waals surface area contributed by atoms with Crippen LogP contribution in [0.4, 0.5) is 0 Å². The van der Waals surface area contributed by atoms with Crippen molar-refractivity contribution in [3.05, 3.63) is 0 Å². The molecule has 0 amide bonds. The van der Waals surface area contributed by atoms with Gasteiger partial charge < -0.3 is 5.11 Å². The van der Waals surface area contributed by atoms with Gasteiger partial charge in [-0.3, -0.25) is 9.68 Å². The number of aliphatic carboxylic acids is 1. The third kappa shape index (κ3) is 5.19. The Morgan fingerprint density at radius 2 is 2.00 bits per heavy atom. The molecular formula is C8H14O5. The van der Waals surface area contributed by atoms with E-state index in [1.165, 1.54) is 0 Å². The van der Waals surface area contributed by atoms with Gasteiger partial charge in [0.05, 0.1) is 18.9 Å². The van der Waals surface area contributed by atoms with Gasteiger partial charge in [0.2, 0.25) is 0 Å². The van der Waals surface area contributed by atoms with Gasteiger partial charge in [0.1, 0.15) is 0 Å². The Bertz CT molecular complexity index is 177. The summed E-state index contributed by atoms with van der Waals surface area (Å²) in [6.07, 6.45) is 0.209. The van der Waals surface area contributed by atoms with Crippen molar-refractivity contribution in [2.45, 2.75) is 26.7 Å². The summed E-state index contributed by atoms with van der Waals surface area (Å²) in [5.74, 6) is -2.25. The third-order valence-electron chi connectivity index (χ3n) is 1.51. The van der Waals surface area contributed by atoms with Gasteiger partial charge in [0, 0.05) is 0 Å². The van der Waals surface area contributed by atoms with Crippen LogP contribution in [-0.4, -0.2) is 23.7 Å². The number of hydrogen-bond acceptors (Lipinski definition) is 4. The molecule has 5 heteroatoms. The summed E-state index contributed by atoms with van der Waals surface area (Å²) >= 11 is 0. The second-order valence-electron chi connectivity index (χ2n) is 2.51. The molecule has 0 aliphatic carbocycles. The van der Waals surface area contributed by atoms with Crippen molar-refractivity contribution in [1.29, 1.82) is 0 Å². The van der Waals surface area contributed by atoms with E-state index in [2.05, 4.69) is 9.78 Å². The monoisotopic (exact) mass is 190 g/mol. The van der Waals surface area contributed by atoms with Crippen molar-refractivity contribution in [2.75, 3.05) is 6.61 Å². The predicted octanol–water partition coefficient (Wildman–Crippen LogP) is 0.982. The highest BCUT2D eigenvalue weighted by molar-refractivity contribution is 5.78. The molecule has 0 heterocycles. The van der Waals surface area contributed by atoms with Gasteiger partial charge in [-0.05, 0) is 13.3 Å². The Hall–Kier alpha value is -1.10. The van der Waals surface area contributed by atoms with Crippen LogP contribution in [0.3, 0.4) is 0 Å². The largest absolute Gasteiger partial charge is 0.481 e. The standard InChI is InChI=1S/C8H14O5/c1-3-6(5-7(9)10)8(11)13-12-4-2/h6H,3-5H2,1-2H3,(H,9,10). The lowest BCUT2D eigenvalue weighted by Crippen LogP contribution is -2.20. The highest BCUT2D eigenvalue weighted by Gasteiger charge is 2.21. The zero-order valence-electron chi connectivity index (χ0n) is 7.78. The van der Waals surface area contributed by atoms with E-state index >= 15 is 0 Å². The van der Waals surface area contributed by atoms with Crippen LogP contribution in [-0.2, 0) is 19.4 Å². The summed E-state index contributed by atoms with van der Waals surface area (Å²) in [5.41, 5.74) is 0. The van der Waals surface area contributed by atoms with Gasteiger partial charge in [-0.25, -0.2) is 4.79 Å². The van der Waals surface area contributed by atoms with E-state index in [1.807, 2.05) is 0 Å². The Morgan fingerprint density at radius 3 is 2.38 bits per heavy atom. The minimum atomic E-state index is -1.01. The number of rotatable bonds is 6. The summed E-state index contributed by atoms with van der Waals surface area (Å²) in [5, 5.41) is 8.44. The molecule has 0 aliphatic heterocycles. The van der Waals surface area contributed by atoms with E-state index in [0.717, 1.165) is 0 Å². The van der Waals surface area contributed by atoms with Crippen molar-refractivity contribution in [1.82, 2.24) is 0 Å². The quantitative estimate of drug-likeness (QED) is 0.499. The first-order valence-corrected chi connectivity index (χ1v) is 4.16. The number of carbonyl (C=O) groups excluding carboxylic acids is 1. The average Bonchev–Trinajstić information content (AvgIpc) is 2.09. The van der Waals surface area contributed by atoms with Crippen molar-refractivity contribution in [3.63, 3.8) is 0 Å². The molecule has 0 aliphatic rings. The number of carboxylic acid groups (broad SMARTS) is 1. The van der Waals surface area contributed by atoms with Crippen LogP contribution >= 0.6 is 0 Å². The highest BCUT2D eigenvalue weighted by Crippen LogP contribution is 2.10. The van der Waals surface area contributed by atoms with Crippen LogP contribution in [0.15, 0.2) is 0 Å². The maximum absolute atomic E-state index is 11.1. The maximum atomic E-state index is 11.1. The van der Waals surface area contributed by atoms with E-state index in [1.54, 1.807) is 13.8 Å². The number of carbonyl (C=O) groups is 2. The molecule has 76 valence electrons. The molecule has 0 saturated carbocycles. The van der Waals surface area contributed by atoms with Crippen molar-refractivity contribution < 1.29 is 24.5 Å². The summed E-state index contributed by atoms with van der Waals surface area (Å²) < 4.78 is 0. The fraction of sp³-hybridized carbons (Fsp3) is 0.750. The summed E-state index contributed by atoms with van der Waals surface area (Å²) in [4.78, 5) is 30.1. The Balaban J connectivity index is 3.92. The Morgan fingerprint density at radius 1 is 1.38 bits per heavy atom. The summed E-state index contributed by atoms with van der Waals surface area (Å²) in [6, 6.07) is 0. The first-order chi connectivity index (χ1) is 6.11. The molecule has 13 heavy (non-hydrogen) atoms. The van der Waals surface area contributed by atoms with Crippen molar-refractivity contribution in [2.24, 2.45) is 5.92 Å². The molecule has 0 fully saturated rings. The molecule has 0 rings (SSSR count). The molecule has 0 bridgehead atoms. The molecule has 0 radical (unpaired) electrons. The van der Waals surface area contributed by atoms with E-state index in [4.69, 9.17) is 5.11 Å². The highest BCUT2D eigenvalue weighted by atomic mass is 17.2. The molecule has 0 saturated heterocycles. The van der Waals surface area contributed by atoms with Crippen LogP contribution < -0.4 is 0 Å². The molecule has 0 aromatic rings. The van der Waals surface area contributed by atoms with Crippen LogP contribution in [0, 0.1) is 5.92 Å². The fourth-order valence-electron chi connectivity index (χ4n) is 0.790. The van der Waals surface area contributed by atoms with Gasteiger partial charge in [-0.15, -0.1) is 0 Å². The van der Waals surface area contributed by atoms with Crippen LogP contribution in [0.25, 0.3) is 0 Å². The smallest absolute Gasteiger partial charge is 0.345 e. The van der Waals surface area contributed by atoms with Crippen LogP contribution in [0.2, 0.25) is 0 Å². The van der Waals surface area contributed by atoms with Gasteiger partial charge in [0.15, 0.2) is 0 Å². The zero-order chi connectivity index (χ0) is 10.3. The lowest BCUT2D eigenvalue weighted by Gasteiger charge is -2.09. The molecular weight excluding hydrogens is 176 g/mol. The fourth-order valence-corrected chi connectivity index (χ4v) is 0.790. The minimum Gasteiger partial charge on any atom is -0.481 e. The number of carboxylic acids is 1. The lowest BCUT2D eigenvalue weighted by atomic mass is 10.0. The van der Waals surface area contributed by atoms with E-state index in [9.17, 15) is 9.59 Å². The predicted molar refractivity (Wildman–Crippen MR) is 43.8 cm³/mol. The maximum Gasteiger partial charge on any atom is 0.345 e. The van der Waals surface area contributed by atoms with Crippen molar-refractivity contribution in [3.8, 4) is 0 Å². The molecule has 1 atom stereocenters. The second-order valence-corrected chi connectivity index (χ2v) is 2.51. The lowest BCUT2D eigenvalue weighted by molar-refractivity contribution is -0.273. The zero-order valence-corrected chi connectivity index (χ0v) is 7.78. The van der Waals surface area contributed by atoms with E-state index < -0.39 is 17.9 Å². The summed E-state index contributed by atoms with van der Waals surface area (Å²) in [7, 11) is 0. The second kappa shape index (κ2) is 6.42. The first kappa shape index (κ1) is 11.9. The Kier molecular flexibility index (Phi) is 5.88. The minimum absolute atomic E-state index is 0.220. The van der Waals surface area contributed by atoms with Gasteiger partial charge >= 0.3 is 11.9 Å².